The molecule has 1 aromatic carbocycles. The first-order valence-corrected chi connectivity index (χ1v) is 12.3. The lowest BCUT2D eigenvalue weighted by Gasteiger charge is -2.28. The van der Waals surface area contributed by atoms with Gasteiger partial charge in [0.1, 0.15) is 11.6 Å². The van der Waals surface area contributed by atoms with Gasteiger partial charge in [0.15, 0.2) is 0 Å². The lowest BCUT2D eigenvalue weighted by molar-refractivity contribution is -0.107. The maximum absolute atomic E-state index is 15.4. The number of likely N-dealkylation sites (tertiary alicyclic amines) is 1. The SMILES string of the molecule is COc1cc(-c2cnn(C3CCN(C)CC3)c2)c(F)cc1N(C=O)Cc1ccc(-c2nnc(C(F)F)o2)cn1. The summed E-state index contributed by atoms with van der Waals surface area (Å²) in [6.07, 6.45) is 4.45. The van der Waals surface area contributed by atoms with E-state index in [1.165, 1.54) is 24.3 Å². The molecule has 13 heteroatoms. The molecule has 1 aliphatic rings. The Hall–Kier alpha value is -4.26. The number of pyridine rings is 1. The molecule has 1 aliphatic heterocycles. The second kappa shape index (κ2) is 11.2. The molecule has 4 heterocycles. The number of alkyl halides is 2. The van der Waals surface area contributed by atoms with Gasteiger partial charge in [-0.05, 0) is 51.2 Å². The van der Waals surface area contributed by atoms with Crippen molar-refractivity contribution in [3.63, 3.8) is 0 Å². The van der Waals surface area contributed by atoms with Crippen molar-refractivity contribution in [2.75, 3.05) is 32.1 Å². The Morgan fingerprint density at radius 1 is 1.18 bits per heavy atom. The maximum atomic E-state index is 15.4. The van der Waals surface area contributed by atoms with Crippen LogP contribution in [0.25, 0.3) is 22.6 Å². The fraction of sp³-hybridized carbons (Fsp3) is 0.346. The van der Waals surface area contributed by atoms with Crippen LogP contribution < -0.4 is 9.64 Å². The normalized spacial score (nSPS) is 14.6. The average molecular weight is 542 g/mol. The first-order chi connectivity index (χ1) is 18.9. The highest BCUT2D eigenvalue weighted by molar-refractivity contribution is 5.81. The number of ether oxygens (including phenoxy) is 1. The monoisotopic (exact) mass is 541 g/mol. The van der Waals surface area contributed by atoms with Crippen LogP contribution >= 0.6 is 0 Å². The van der Waals surface area contributed by atoms with Crippen molar-refractivity contribution in [2.45, 2.75) is 31.9 Å². The fourth-order valence-electron chi connectivity index (χ4n) is 4.53. The minimum absolute atomic E-state index is 0.000890. The van der Waals surface area contributed by atoms with Gasteiger partial charge in [0, 0.05) is 29.6 Å². The Balaban J connectivity index is 1.35. The van der Waals surface area contributed by atoms with Gasteiger partial charge in [-0.3, -0.25) is 14.5 Å². The molecule has 10 nitrogen and oxygen atoms in total. The number of hydrogen-bond donors (Lipinski definition) is 0. The molecule has 1 fully saturated rings. The van der Waals surface area contributed by atoms with E-state index < -0.39 is 18.1 Å². The number of aromatic nitrogens is 5. The summed E-state index contributed by atoms with van der Waals surface area (Å²) in [4.78, 5) is 19.8. The van der Waals surface area contributed by atoms with Crippen molar-refractivity contribution in [3.05, 3.63) is 60.3 Å². The number of amides is 1. The molecule has 1 amide bonds. The molecule has 4 aromatic rings. The number of benzene rings is 1. The molecule has 3 aromatic heterocycles. The van der Waals surface area contributed by atoms with Crippen molar-refractivity contribution < 1.29 is 27.1 Å². The lowest BCUT2D eigenvalue weighted by atomic mass is 10.1. The summed E-state index contributed by atoms with van der Waals surface area (Å²) < 4.78 is 53.1. The van der Waals surface area contributed by atoms with Crippen LogP contribution in [0.5, 0.6) is 5.75 Å². The van der Waals surface area contributed by atoms with Crippen molar-refractivity contribution in [2.24, 2.45) is 0 Å². The molecule has 0 spiro atoms. The minimum atomic E-state index is -2.88. The van der Waals surface area contributed by atoms with Gasteiger partial charge < -0.3 is 19.0 Å². The molecular weight excluding hydrogens is 515 g/mol. The second-order valence-corrected chi connectivity index (χ2v) is 9.27. The summed E-state index contributed by atoms with van der Waals surface area (Å²) in [5, 5.41) is 11.4. The number of rotatable bonds is 9. The Labute approximate surface area is 222 Å². The van der Waals surface area contributed by atoms with Gasteiger partial charge in [-0.15, -0.1) is 10.2 Å². The van der Waals surface area contributed by atoms with Crippen LogP contribution in [0, 0.1) is 5.82 Å². The Morgan fingerprint density at radius 3 is 2.62 bits per heavy atom. The highest BCUT2D eigenvalue weighted by atomic mass is 19.3. The molecule has 39 heavy (non-hydrogen) atoms. The highest BCUT2D eigenvalue weighted by Gasteiger charge is 2.22. The molecule has 0 N–H and O–H groups in total. The molecule has 0 unspecified atom stereocenters. The molecule has 0 radical (unpaired) electrons. The summed E-state index contributed by atoms with van der Waals surface area (Å²) >= 11 is 0. The topological polar surface area (TPSA) is 102 Å². The van der Waals surface area contributed by atoms with Crippen molar-refractivity contribution in [3.8, 4) is 28.3 Å². The predicted octanol–water partition coefficient (Wildman–Crippen LogP) is 4.51. The predicted molar refractivity (Wildman–Crippen MR) is 135 cm³/mol. The van der Waals surface area contributed by atoms with Crippen LogP contribution in [-0.4, -0.2) is 63.5 Å². The van der Waals surface area contributed by atoms with Crippen LogP contribution in [0.2, 0.25) is 0 Å². The van der Waals surface area contributed by atoms with E-state index in [1.807, 2.05) is 10.9 Å². The Bertz CT molecular complexity index is 1430. The average Bonchev–Trinajstić information content (AvgIpc) is 3.63. The summed E-state index contributed by atoms with van der Waals surface area (Å²) in [7, 11) is 3.53. The van der Waals surface area contributed by atoms with Gasteiger partial charge >= 0.3 is 6.43 Å². The molecule has 0 atom stereocenters. The van der Waals surface area contributed by atoms with Gasteiger partial charge in [-0.25, -0.2) is 4.39 Å². The smallest absolute Gasteiger partial charge is 0.314 e. The van der Waals surface area contributed by atoms with Crippen LogP contribution in [0.15, 0.2) is 47.3 Å². The zero-order chi connectivity index (χ0) is 27.5. The summed E-state index contributed by atoms with van der Waals surface area (Å²) in [6, 6.07) is 6.18. The molecule has 0 saturated carbocycles. The molecule has 204 valence electrons. The van der Waals surface area contributed by atoms with E-state index in [0.717, 1.165) is 25.9 Å². The van der Waals surface area contributed by atoms with Gasteiger partial charge in [0.25, 0.3) is 5.89 Å². The van der Waals surface area contributed by atoms with Crippen LogP contribution in [-0.2, 0) is 11.3 Å². The van der Waals surface area contributed by atoms with E-state index in [2.05, 4.69) is 32.2 Å². The lowest BCUT2D eigenvalue weighted by Crippen LogP contribution is -2.31. The highest BCUT2D eigenvalue weighted by Crippen LogP contribution is 2.36. The number of methoxy groups -OCH3 is 1. The number of carbonyl (C=O) groups is 1. The number of anilines is 1. The quantitative estimate of drug-likeness (QED) is 0.285. The third kappa shape index (κ3) is 5.62. The van der Waals surface area contributed by atoms with E-state index in [9.17, 15) is 13.6 Å². The van der Waals surface area contributed by atoms with Crippen molar-refractivity contribution >= 4 is 12.1 Å². The van der Waals surface area contributed by atoms with Crippen molar-refractivity contribution in [1.29, 1.82) is 0 Å². The summed E-state index contributed by atoms with van der Waals surface area (Å²) in [5.41, 5.74) is 1.93. The zero-order valence-electron chi connectivity index (χ0n) is 21.3. The molecule has 5 rings (SSSR count). The van der Waals surface area contributed by atoms with E-state index in [4.69, 9.17) is 9.15 Å². The Kier molecular flexibility index (Phi) is 7.59. The number of carbonyl (C=O) groups excluding carboxylic acids is 1. The zero-order valence-corrected chi connectivity index (χ0v) is 21.3. The second-order valence-electron chi connectivity index (χ2n) is 9.27. The van der Waals surface area contributed by atoms with E-state index in [-0.39, 0.29) is 24.2 Å². The Morgan fingerprint density at radius 2 is 1.97 bits per heavy atom. The first-order valence-electron chi connectivity index (χ1n) is 12.3. The number of hydrogen-bond acceptors (Lipinski definition) is 8. The van der Waals surface area contributed by atoms with E-state index in [1.54, 1.807) is 24.4 Å². The van der Waals surface area contributed by atoms with Gasteiger partial charge in [0.2, 0.25) is 12.3 Å². The van der Waals surface area contributed by atoms with Crippen molar-refractivity contribution in [1.82, 2.24) is 29.9 Å². The minimum Gasteiger partial charge on any atom is -0.495 e. The van der Waals surface area contributed by atoms with Gasteiger partial charge in [-0.1, -0.05) is 0 Å². The first kappa shape index (κ1) is 26.4. The van der Waals surface area contributed by atoms with Crippen LogP contribution in [0.1, 0.15) is 36.9 Å². The fourth-order valence-corrected chi connectivity index (χ4v) is 4.53. The number of nitrogens with zero attached hydrogens (tertiary/aromatic N) is 7. The van der Waals surface area contributed by atoms with E-state index >= 15 is 4.39 Å². The molecular formula is C26H26F3N7O3. The third-order valence-corrected chi connectivity index (χ3v) is 6.71. The third-order valence-electron chi connectivity index (χ3n) is 6.71. The summed E-state index contributed by atoms with van der Waals surface area (Å²) in [5.74, 6) is -1.12. The van der Waals surface area contributed by atoms with Gasteiger partial charge in [-0.2, -0.15) is 13.9 Å². The summed E-state index contributed by atoms with van der Waals surface area (Å²) in [6.45, 7) is 1.96. The maximum Gasteiger partial charge on any atom is 0.314 e. The molecule has 1 saturated heterocycles. The number of halogens is 3. The largest absolute Gasteiger partial charge is 0.495 e. The van der Waals surface area contributed by atoms with Crippen LogP contribution in [0.4, 0.5) is 18.9 Å². The molecule has 0 aliphatic carbocycles. The van der Waals surface area contributed by atoms with Gasteiger partial charge in [0.05, 0.1) is 42.8 Å². The standard InChI is InChI=1S/C26H26F3N7O3/c1-34-7-5-19(6-8-34)36-13-17(12-31-36)20-9-23(38-2)22(10-21(20)27)35(15-37)14-18-4-3-16(11-30-18)25-32-33-26(39-25)24(28)29/h3-4,9-13,15,19,24H,5-8,14H2,1-2H3. The van der Waals surface area contributed by atoms with Crippen LogP contribution in [0.3, 0.4) is 0 Å². The number of piperidine rings is 1. The van der Waals surface area contributed by atoms with E-state index in [0.29, 0.717) is 34.5 Å². The molecule has 0 bridgehead atoms.